The topological polar surface area (TPSA) is 50.1 Å². The van der Waals surface area contributed by atoms with Crippen LogP contribution in [0.5, 0.6) is 0 Å². The van der Waals surface area contributed by atoms with Crippen molar-refractivity contribution in [1.29, 1.82) is 0 Å². The van der Waals surface area contributed by atoms with Crippen LogP contribution < -0.4 is 5.32 Å². The van der Waals surface area contributed by atoms with Crippen LogP contribution in [0.2, 0.25) is 0 Å². The van der Waals surface area contributed by atoms with E-state index in [-0.39, 0.29) is 12.6 Å². The van der Waals surface area contributed by atoms with Gasteiger partial charge in [0, 0.05) is 6.20 Å². The molecule has 0 amide bonds. The molecule has 0 saturated carbocycles. The molecule has 0 bridgehead atoms. The standard InChI is InChI=1S/C19H21N3O/c1-15-7-5-6-10-18(15)19(16-8-3-2-4-9-16)21-17-13-20-22(14-17)11-12-23/h2-10,13-14,19,21,23H,11-12H2,1H3. The van der Waals surface area contributed by atoms with Crippen LogP contribution in [-0.4, -0.2) is 21.5 Å². The normalized spacial score (nSPS) is 12.1. The Labute approximate surface area is 136 Å². The Balaban J connectivity index is 1.94. The highest BCUT2D eigenvalue weighted by Crippen LogP contribution is 2.28. The Kier molecular flexibility index (Phi) is 4.74. The van der Waals surface area contributed by atoms with Gasteiger partial charge >= 0.3 is 0 Å². The van der Waals surface area contributed by atoms with Crippen LogP contribution in [-0.2, 0) is 6.54 Å². The molecule has 1 atom stereocenters. The monoisotopic (exact) mass is 307 g/mol. The van der Waals surface area contributed by atoms with Crippen molar-refractivity contribution in [2.24, 2.45) is 0 Å². The molecule has 0 radical (unpaired) electrons. The van der Waals surface area contributed by atoms with Gasteiger partial charge in [-0.25, -0.2) is 0 Å². The molecule has 2 N–H and O–H groups in total. The van der Waals surface area contributed by atoms with Gasteiger partial charge in [-0.15, -0.1) is 0 Å². The Hall–Kier alpha value is -2.59. The van der Waals surface area contributed by atoms with E-state index in [0.29, 0.717) is 6.54 Å². The zero-order chi connectivity index (χ0) is 16.1. The van der Waals surface area contributed by atoms with Crippen molar-refractivity contribution in [3.05, 3.63) is 83.7 Å². The second-order valence-corrected chi connectivity index (χ2v) is 5.56. The first kappa shape index (κ1) is 15.3. The molecule has 0 saturated heterocycles. The number of aliphatic hydroxyl groups is 1. The van der Waals surface area contributed by atoms with Crippen molar-refractivity contribution in [2.75, 3.05) is 11.9 Å². The lowest BCUT2D eigenvalue weighted by atomic mass is 9.95. The molecule has 0 aliphatic carbocycles. The minimum Gasteiger partial charge on any atom is -0.394 e. The highest BCUT2D eigenvalue weighted by molar-refractivity contribution is 5.48. The number of anilines is 1. The Bertz CT molecular complexity index is 752. The van der Waals surface area contributed by atoms with Gasteiger partial charge in [0.15, 0.2) is 0 Å². The summed E-state index contributed by atoms with van der Waals surface area (Å²) in [6.45, 7) is 2.71. The molecule has 1 aromatic heterocycles. The SMILES string of the molecule is Cc1ccccc1C(Nc1cnn(CCO)c1)c1ccccc1. The van der Waals surface area contributed by atoms with Crippen LogP contribution in [0.3, 0.4) is 0 Å². The third-order valence-electron chi connectivity index (χ3n) is 3.91. The lowest BCUT2D eigenvalue weighted by Gasteiger charge is -2.21. The Morgan fingerprint density at radius 1 is 1.09 bits per heavy atom. The number of nitrogens with one attached hydrogen (secondary N) is 1. The molecule has 3 rings (SSSR count). The van der Waals surface area contributed by atoms with Crippen molar-refractivity contribution in [3.8, 4) is 0 Å². The Morgan fingerprint density at radius 2 is 1.83 bits per heavy atom. The minimum absolute atomic E-state index is 0.0594. The lowest BCUT2D eigenvalue weighted by Crippen LogP contribution is -2.13. The van der Waals surface area contributed by atoms with E-state index in [1.165, 1.54) is 16.7 Å². The summed E-state index contributed by atoms with van der Waals surface area (Å²) < 4.78 is 1.74. The van der Waals surface area contributed by atoms with Gasteiger partial charge in [0.05, 0.1) is 31.1 Å². The van der Waals surface area contributed by atoms with E-state index in [1.54, 1.807) is 10.9 Å². The van der Waals surface area contributed by atoms with E-state index in [0.717, 1.165) is 5.69 Å². The molecular formula is C19H21N3O. The van der Waals surface area contributed by atoms with Crippen LogP contribution in [0.15, 0.2) is 67.0 Å². The van der Waals surface area contributed by atoms with Gasteiger partial charge in [-0.2, -0.15) is 5.10 Å². The first-order chi connectivity index (χ1) is 11.3. The lowest BCUT2D eigenvalue weighted by molar-refractivity contribution is 0.269. The minimum atomic E-state index is 0.0594. The number of hydrogen-bond acceptors (Lipinski definition) is 3. The molecule has 4 nitrogen and oxygen atoms in total. The zero-order valence-electron chi connectivity index (χ0n) is 13.2. The van der Waals surface area contributed by atoms with Crippen LogP contribution in [0.1, 0.15) is 22.7 Å². The molecule has 1 heterocycles. The summed E-state index contributed by atoms with van der Waals surface area (Å²) in [5, 5.41) is 16.9. The highest BCUT2D eigenvalue weighted by atomic mass is 16.3. The predicted molar refractivity (Wildman–Crippen MR) is 92.4 cm³/mol. The number of nitrogens with zero attached hydrogens (tertiary/aromatic N) is 2. The summed E-state index contributed by atoms with van der Waals surface area (Å²) in [6.07, 6.45) is 3.72. The molecule has 0 aliphatic rings. The van der Waals surface area contributed by atoms with E-state index in [9.17, 15) is 0 Å². The van der Waals surface area contributed by atoms with E-state index in [1.807, 2.05) is 12.3 Å². The summed E-state index contributed by atoms with van der Waals surface area (Å²) >= 11 is 0. The fraction of sp³-hybridized carbons (Fsp3) is 0.211. The number of rotatable bonds is 6. The highest BCUT2D eigenvalue weighted by Gasteiger charge is 2.16. The van der Waals surface area contributed by atoms with Gasteiger partial charge in [-0.3, -0.25) is 4.68 Å². The third-order valence-corrected chi connectivity index (χ3v) is 3.91. The summed E-state index contributed by atoms with van der Waals surface area (Å²) in [5.74, 6) is 0. The number of aromatic nitrogens is 2. The van der Waals surface area contributed by atoms with Crippen LogP contribution >= 0.6 is 0 Å². The van der Waals surface area contributed by atoms with Crippen molar-refractivity contribution in [3.63, 3.8) is 0 Å². The van der Waals surface area contributed by atoms with Crippen LogP contribution in [0.25, 0.3) is 0 Å². The summed E-state index contributed by atoms with van der Waals surface area (Å²) in [4.78, 5) is 0. The molecule has 2 aromatic carbocycles. The van der Waals surface area contributed by atoms with Gasteiger partial charge in [0.2, 0.25) is 0 Å². The van der Waals surface area contributed by atoms with Crippen LogP contribution in [0.4, 0.5) is 5.69 Å². The molecule has 0 fully saturated rings. The van der Waals surface area contributed by atoms with Crippen molar-refractivity contribution in [2.45, 2.75) is 19.5 Å². The smallest absolute Gasteiger partial charge is 0.0771 e. The van der Waals surface area contributed by atoms with Gasteiger partial charge < -0.3 is 10.4 Å². The number of hydrogen-bond donors (Lipinski definition) is 2. The van der Waals surface area contributed by atoms with Gasteiger partial charge in [0.1, 0.15) is 0 Å². The van der Waals surface area contributed by atoms with E-state index >= 15 is 0 Å². The van der Waals surface area contributed by atoms with Gasteiger partial charge in [-0.05, 0) is 23.6 Å². The molecule has 3 aromatic rings. The second kappa shape index (κ2) is 7.11. The predicted octanol–water partition coefficient (Wildman–Crippen LogP) is 3.39. The maximum Gasteiger partial charge on any atom is 0.0771 e. The molecule has 1 unspecified atom stereocenters. The molecule has 0 spiro atoms. The van der Waals surface area contributed by atoms with Crippen LogP contribution in [0, 0.1) is 6.92 Å². The molecular weight excluding hydrogens is 286 g/mol. The van der Waals surface area contributed by atoms with E-state index in [4.69, 9.17) is 5.11 Å². The van der Waals surface area contributed by atoms with E-state index in [2.05, 4.69) is 65.9 Å². The first-order valence-corrected chi connectivity index (χ1v) is 7.78. The van der Waals surface area contributed by atoms with Gasteiger partial charge in [-0.1, -0.05) is 54.6 Å². The number of benzene rings is 2. The third kappa shape index (κ3) is 3.60. The summed E-state index contributed by atoms with van der Waals surface area (Å²) in [6, 6.07) is 18.8. The molecule has 4 heteroatoms. The maximum absolute atomic E-state index is 9.02. The molecule has 118 valence electrons. The fourth-order valence-electron chi connectivity index (χ4n) is 2.73. The quantitative estimate of drug-likeness (QED) is 0.734. The zero-order valence-corrected chi connectivity index (χ0v) is 13.2. The average Bonchev–Trinajstić information content (AvgIpc) is 3.02. The average molecular weight is 307 g/mol. The molecule has 23 heavy (non-hydrogen) atoms. The van der Waals surface area contributed by atoms with E-state index < -0.39 is 0 Å². The summed E-state index contributed by atoms with van der Waals surface area (Å²) in [7, 11) is 0. The number of aryl methyl sites for hydroxylation is 1. The fourth-order valence-corrected chi connectivity index (χ4v) is 2.73. The number of aliphatic hydroxyl groups excluding tert-OH is 1. The van der Waals surface area contributed by atoms with Crippen molar-refractivity contribution >= 4 is 5.69 Å². The first-order valence-electron chi connectivity index (χ1n) is 7.78. The van der Waals surface area contributed by atoms with Crippen molar-refractivity contribution < 1.29 is 5.11 Å². The maximum atomic E-state index is 9.02. The van der Waals surface area contributed by atoms with Crippen molar-refractivity contribution in [1.82, 2.24) is 9.78 Å². The summed E-state index contributed by atoms with van der Waals surface area (Å²) in [5.41, 5.74) is 4.64. The van der Waals surface area contributed by atoms with Gasteiger partial charge in [0.25, 0.3) is 0 Å². The second-order valence-electron chi connectivity index (χ2n) is 5.56. The largest absolute Gasteiger partial charge is 0.394 e. The molecule has 0 aliphatic heterocycles. The Morgan fingerprint density at radius 3 is 2.57 bits per heavy atom.